The summed E-state index contributed by atoms with van der Waals surface area (Å²) in [6, 6.07) is 0. The molecular formula is C13H23N5O2S. The van der Waals surface area contributed by atoms with E-state index in [-0.39, 0.29) is 10.7 Å². The molecule has 0 amide bonds. The Labute approximate surface area is 125 Å². The molecule has 21 heavy (non-hydrogen) atoms. The number of aromatic amines is 1. The standard InChI is InChI=1S/C13H23N5O2S/c1-9-11(10(2)17-16-9)21(19,20)18-13(12(14)15)7-5-3-4-6-8-13/h18H,3-8H2,1-2H3,(H3,14,15)(H,16,17). The molecule has 2 rings (SSSR count). The van der Waals surface area contributed by atoms with E-state index in [9.17, 15) is 8.42 Å². The van der Waals surface area contributed by atoms with Crippen LogP contribution >= 0.6 is 0 Å². The van der Waals surface area contributed by atoms with Crippen LogP contribution in [0, 0.1) is 19.3 Å². The molecule has 1 aromatic rings. The number of H-pyrrole nitrogens is 1. The number of hydrogen-bond acceptors (Lipinski definition) is 4. The average molecular weight is 313 g/mol. The third kappa shape index (κ3) is 3.11. The van der Waals surface area contributed by atoms with Crippen LogP contribution < -0.4 is 10.5 Å². The van der Waals surface area contributed by atoms with E-state index in [1.54, 1.807) is 13.8 Å². The molecule has 118 valence electrons. The van der Waals surface area contributed by atoms with Crippen molar-refractivity contribution in [3.63, 3.8) is 0 Å². The van der Waals surface area contributed by atoms with Gasteiger partial charge in [-0.1, -0.05) is 25.7 Å². The van der Waals surface area contributed by atoms with Crippen molar-refractivity contribution in [2.75, 3.05) is 0 Å². The van der Waals surface area contributed by atoms with Gasteiger partial charge < -0.3 is 5.73 Å². The predicted octanol–water partition coefficient (Wildman–Crippen LogP) is 1.33. The van der Waals surface area contributed by atoms with Crippen molar-refractivity contribution < 1.29 is 8.42 Å². The maximum absolute atomic E-state index is 12.7. The van der Waals surface area contributed by atoms with Gasteiger partial charge in [0.2, 0.25) is 10.0 Å². The molecule has 1 heterocycles. The maximum Gasteiger partial charge on any atom is 0.245 e. The minimum atomic E-state index is -3.76. The molecule has 1 aromatic heterocycles. The summed E-state index contributed by atoms with van der Waals surface area (Å²) in [5.41, 5.74) is 5.69. The summed E-state index contributed by atoms with van der Waals surface area (Å²) in [7, 11) is -3.76. The number of nitrogens with two attached hydrogens (primary N) is 1. The first-order valence-electron chi connectivity index (χ1n) is 7.18. The molecule has 0 unspecified atom stereocenters. The van der Waals surface area contributed by atoms with E-state index < -0.39 is 15.6 Å². The van der Waals surface area contributed by atoms with Gasteiger partial charge in [-0.25, -0.2) is 8.42 Å². The number of hydrogen-bond donors (Lipinski definition) is 4. The number of amidine groups is 1. The van der Waals surface area contributed by atoms with Crippen molar-refractivity contribution in [3.8, 4) is 0 Å². The smallest absolute Gasteiger partial charge is 0.245 e. The van der Waals surface area contributed by atoms with E-state index in [0.29, 0.717) is 24.2 Å². The predicted molar refractivity (Wildman–Crippen MR) is 80.7 cm³/mol. The normalized spacial score (nSPS) is 19.1. The molecule has 7 nitrogen and oxygen atoms in total. The van der Waals surface area contributed by atoms with Crippen molar-refractivity contribution >= 4 is 15.9 Å². The molecule has 0 bridgehead atoms. The molecule has 1 saturated carbocycles. The number of nitrogens with one attached hydrogen (secondary N) is 3. The summed E-state index contributed by atoms with van der Waals surface area (Å²) < 4.78 is 28.1. The second-order valence-electron chi connectivity index (χ2n) is 5.78. The van der Waals surface area contributed by atoms with Crippen LogP contribution in [-0.2, 0) is 10.0 Å². The molecular weight excluding hydrogens is 290 g/mol. The van der Waals surface area contributed by atoms with Crippen molar-refractivity contribution in [2.24, 2.45) is 5.73 Å². The summed E-state index contributed by atoms with van der Waals surface area (Å²) >= 11 is 0. The topological polar surface area (TPSA) is 125 Å². The first-order valence-corrected chi connectivity index (χ1v) is 8.67. The van der Waals surface area contributed by atoms with E-state index in [2.05, 4.69) is 14.9 Å². The summed E-state index contributed by atoms with van der Waals surface area (Å²) in [5.74, 6) is -0.105. The molecule has 0 spiro atoms. The number of aryl methyl sites for hydroxylation is 2. The van der Waals surface area contributed by atoms with Gasteiger partial charge in [-0.2, -0.15) is 9.82 Å². The van der Waals surface area contributed by atoms with E-state index in [0.717, 1.165) is 25.7 Å². The van der Waals surface area contributed by atoms with E-state index in [1.807, 2.05) is 0 Å². The second kappa shape index (κ2) is 5.76. The lowest BCUT2D eigenvalue weighted by Crippen LogP contribution is -2.56. The van der Waals surface area contributed by atoms with Gasteiger partial charge >= 0.3 is 0 Å². The van der Waals surface area contributed by atoms with Crippen molar-refractivity contribution in [2.45, 2.75) is 62.8 Å². The zero-order valence-corrected chi connectivity index (χ0v) is 13.3. The number of nitrogens with zero attached hydrogens (tertiary/aromatic N) is 1. The Kier molecular flexibility index (Phi) is 4.38. The molecule has 8 heteroatoms. The average Bonchev–Trinajstić information content (AvgIpc) is 2.61. The molecule has 1 fully saturated rings. The maximum atomic E-state index is 12.7. The van der Waals surface area contributed by atoms with Gasteiger partial charge in [0.05, 0.1) is 16.9 Å². The van der Waals surface area contributed by atoms with Crippen LogP contribution in [0.4, 0.5) is 0 Å². The van der Waals surface area contributed by atoms with Crippen LogP contribution in [0.25, 0.3) is 0 Å². The summed E-state index contributed by atoms with van der Waals surface area (Å²) in [4.78, 5) is 0.160. The minimum Gasteiger partial charge on any atom is -0.386 e. The van der Waals surface area contributed by atoms with Gasteiger partial charge in [-0.05, 0) is 26.7 Å². The first-order chi connectivity index (χ1) is 9.78. The minimum absolute atomic E-state index is 0.105. The fourth-order valence-electron chi connectivity index (χ4n) is 3.00. The molecule has 0 atom stereocenters. The Hall–Kier alpha value is -1.41. The third-order valence-corrected chi connectivity index (χ3v) is 5.93. The Bertz CT molecular complexity index is 607. The fraction of sp³-hybridized carbons (Fsp3) is 0.692. The molecule has 1 aliphatic carbocycles. The van der Waals surface area contributed by atoms with Crippen LogP contribution in [0.5, 0.6) is 0 Å². The van der Waals surface area contributed by atoms with Crippen LogP contribution in [-0.4, -0.2) is 30.0 Å². The quantitative estimate of drug-likeness (QED) is 0.380. The van der Waals surface area contributed by atoms with Crippen LogP contribution in [0.2, 0.25) is 0 Å². The van der Waals surface area contributed by atoms with Gasteiger partial charge in [0, 0.05) is 0 Å². The van der Waals surface area contributed by atoms with Crippen molar-refractivity contribution in [1.82, 2.24) is 14.9 Å². The highest BCUT2D eigenvalue weighted by Gasteiger charge is 2.39. The molecule has 0 aromatic carbocycles. The summed E-state index contributed by atoms with van der Waals surface area (Å²) in [5, 5.41) is 14.5. The first kappa shape index (κ1) is 16.0. The Morgan fingerprint density at radius 2 is 1.86 bits per heavy atom. The van der Waals surface area contributed by atoms with Gasteiger partial charge in [0.25, 0.3) is 0 Å². The van der Waals surface area contributed by atoms with E-state index in [1.165, 1.54) is 0 Å². The molecule has 5 N–H and O–H groups in total. The fourth-order valence-corrected chi connectivity index (χ4v) is 4.82. The van der Waals surface area contributed by atoms with E-state index in [4.69, 9.17) is 11.1 Å². The highest BCUT2D eigenvalue weighted by Crippen LogP contribution is 2.29. The SMILES string of the molecule is Cc1n[nH]c(C)c1S(=O)(=O)NC1(C(=N)N)CCCCCC1. The number of rotatable bonds is 4. The Balaban J connectivity index is 2.38. The monoisotopic (exact) mass is 313 g/mol. The highest BCUT2D eigenvalue weighted by atomic mass is 32.2. The highest BCUT2D eigenvalue weighted by molar-refractivity contribution is 7.89. The van der Waals surface area contributed by atoms with Gasteiger partial charge in [0.1, 0.15) is 10.7 Å². The van der Waals surface area contributed by atoms with Crippen LogP contribution in [0.1, 0.15) is 49.9 Å². The molecule has 0 saturated heterocycles. The Morgan fingerprint density at radius 3 is 2.29 bits per heavy atom. The van der Waals surface area contributed by atoms with Crippen LogP contribution in [0.15, 0.2) is 4.90 Å². The zero-order valence-electron chi connectivity index (χ0n) is 12.5. The van der Waals surface area contributed by atoms with Crippen molar-refractivity contribution in [1.29, 1.82) is 5.41 Å². The second-order valence-corrected chi connectivity index (χ2v) is 7.40. The van der Waals surface area contributed by atoms with Gasteiger partial charge in [0.15, 0.2) is 0 Å². The molecule has 1 aliphatic rings. The Morgan fingerprint density at radius 1 is 1.29 bits per heavy atom. The number of sulfonamides is 1. The lowest BCUT2D eigenvalue weighted by atomic mass is 9.90. The molecule has 0 radical (unpaired) electrons. The van der Waals surface area contributed by atoms with Crippen molar-refractivity contribution in [3.05, 3.63) is 11.4 Å². The number of aromatic nitrogens is 2. The third-order valence-electron chi connectivity index (χ3n) is 4.13. The summed E-state index contributed by atoms with van der Waals surface area (Å²) in [6.45, 7) is 3.31. The molecule has 0 aliphatic heterocycles. The van der Waals surface area contributed by atoms with Gasteiger partial charge in [-0.15, -0.1) is 0 Å². The largest absolute Gasteiger partial charge is 0.386 e. The van der Waals surface area contributed by atoms with E-state index >= 15 is 0 Å². The lowest BCUT2D eigenvalue weighted by Gasteiger charge is -2.32. The summed E-state index contributed by atoms with van der Waals surface area (Å²) in [6.07, 6.45) is 4.95. The van der Waals surface area contributed by atoms with Crippen LogP contribution in [0.3, 0.4) is 0 Å². The van der Waals surface area contributed by atoms with Gasteiger partial charge in [-0.3, -0.25) is 10.5 Å². The zero-order chi connectivity index (χ0) is 15.7. The lowest BCUT2D eigenvalue weighted by molar-refractivity contribution is 0.434.